The van der Waals surface area contributed by atoms with Gasteiger partial charge >= 0.3 is 0 Å². The predicted molar refractivity (Wildman–Crippen MR) is 69.8 cm³/mol. The van der Waals surface area contributed by atoms with Gasteiger partial charge in [0.1, 0.15) is 5.82 Å². The average Bonchev–Trinajstić information content (AvgIpc) is 2.30. The van der Waals surface area contributed by atoms with Crippen LogP contribution in [-0.4, -0.2) is 9.97 Å². The second-order valence-corrected chi connectivity index (χ2v) is 4.43. The van der Waals surface area contributed by atoms with E-state index in [2.05, 4.69) is 25.9 Å². The molecular weight excluding hydrogens is 288 g/mol. The van der Waals surface area contributed by atoms with E-state index in [1.54, 1.807) is 0 Å². The first-order valence-corrected chi connectivity index (χ1v) is 6.35. The fraction of sp³-hybridized carbons (Fsp3) is 0.167. The summed E-state index contributed by atoms with van der Waals surface area (Å²) in [5.41, 5.74) is 3.10. The van der Waals surface area contributed by atoms with Crippen molar-refractivity contribution in [1.29, 1.82) is 0 Å². The number of benzene rings is 1. The van der Waals surface area contributed by atoms with E-state index in [0.717, 1.165) is 33.0 Å². The van der Waals surface area contributed by atoms with Crippen molar-refractivity contribution in [3.05, 3.63) is 46.9 Å². The fourth-order valence-corrected chi connectivity index (χ4v) is 1.99. The first-order valence-electron chi connectivity index (χ1n) is 4.85. The topological polar surface area (TPSA) is 25.8 Å². The molecule has 1 aromatic heterocycles. The summed E-state index contributed by atoms with van der Waals surface area (Å²) in [7, 11) is 0. The van der Waals surface area contributed by atoms with Crippen LogP contribution in [0.5, 0.6) is 0 Å². The van der Waals surface area contributed by atoms with Gasteiger partial charge in [-0.2, -0.15) is 0 Å². The second-order valence-electron chi connectivity index (χ2n) is 3.43. The minimum atomic E-state index is 0.731. The molecule has 0 unspecified atom stereocenters. The van der Waals surface area contributed by atoms with Crippen molar-refractivity contribution in [2.45, 2.75) is 12.3 Å². The Bertz CT molecular complexity index is 497. The van der Waals surface area contributed by atoms with Crippen LogP contribution in [0.25, 0.3) is 11.3 Å². The smallest absolute Gasteiger partial charge is 0.125 e. The van der Waals surface area contributed by atoms with Crippen LogP contribution in [-0.2, 0) is 5.33 Å². The van der Waals surface area contributed by atoms with Gasteiger partial charge in [-0.05, 0) is 19.1 Å². The summed E-state index contributed by atoms with van der Waals surface area (Å²) in [5, 5.41) is 1.47. The molecule has 0 saturated carbocycles. The van der Waals surface area contributed by atoms with E-state index in [0.29, 0.717) is 0 Å². The third-order valence-electron chi connectivity index (χ3n) is 2.25. The Kier molecular flexibility index (Phi) is 3.56. The molecule has 16 heavy (non-hydrogen) atoms. The van der Waals surface area contributed by atoms with Crippen molar-refractivity contribution < 1.29 is 0 Å². The van der Waals surface area contributed by atoms with Crippen LogP contribution in [0.3, 0.4) is 0 Å². The minimum Gasteiger partial charge on any atom is -0.241 e. The number of nitrogens with zero attached hydrogens (tertiary/aromatic N) is 2. The summed E-state index contributed by atoms with van der Waals surface area (Å²) in [6, 6.07) is 7.67. The van der Waals surface area contributed by atoms with Gasteiger partial charge in [0, 0.05) is 27.7 Å². The molecule has 1 heterocycles. The number of aromatic nitrogens is 2. The van der Waals surface area contributed by atoms with Crippen LogP contribution < -0.4 is 0 Å². The Morgan fingerprint density at radius 2 is 1.94 bits per heavy atom. The predicted octanol–water partition coefficient (Wildman–Crippen LogP) is 4.00. The zero-order valence-corrected chi connectivity index (χ0v) is 11.1. The van der Waals surface area contributed by atoms with E-state index in [9.17, 15) is 0 Å². The van der Waals surface area contributed by atoms with Crippen molar-refractivity contribution in [1.82, 2.24) is 9.97 Å². The van der Waals surface area contributed by atoms with Crippen LogP contribution in [0.4, 0.5) is 0 Å². The Balaban J connectivity index is 2.53. The number of hydrogen-bond acceptors (Lipinski definition) is 2. The molecular formula is C12H10BrClN2. The Morgan fingerprint density at radius 1 is 1.25 bits per heavy atom. The molecule has 1 aromatic carbocycles. The van der Waals surface area contributed by atoms with Gasteiger partial charge in [-0.15, -0.1) is 0 Å². The third-order valence-corrected chi connectivity index (χ3v) is 3.10. The normalized spacial score (nSPS) is 10.4. The van der Waals surface area contributed by atoms with Crippen LogP contribution >= 0.6 is 27.5 Å². The molecule has 82 valence electrons. The van der Waals surface area contributed by atoms with Crippen molar-refractivity contribution in [2.24, 2.45) is 0 Å². The zero-order chi connectivity index (χ0) is 11.5. The molecule has 0 aliphatic rings. The summed E-state index contributed by atoms with van der Waals surface area (Å²) in [4.78, 5) is 8.65. The molecule has 4 heteroatoms. The van der Waals surface area contributed by atoms with Crippen LogP contribution in [0.1, 0.15) is 11.4 Å². The monoisotopic (exact) mass is 296 g/mol. The van der Waals surface area contributed by atoms with E-state index in [-0.39, 0.29) is 0 Å². The standard InChI is InChI=1S/C12H10BrClN2/c1-8-15-7-10(6-13)12(16-8)9-2-4-11(14)5-3-9/h2-5,7H,6H2,1H3. The largest absolute Gasteiger partial charge is 0.241 e. The van der Waals surface area contributed by atoms with Crippen LogP contribution in [0, 0.1) is 6.92 Å². The number of aryl methyl sites for hydroxylation is 1. The van der Waals surface area contributed by atoms with Gasteiger partial charge < -0.3 is 0 Å². The summed E-state index contributed by atoms with van der Waals surface area (Å²) in [6.07, 6.45) is 1.85. The van der Waals surface area contributed by atoms with Crippen molar-refractivity contribution in [3.63, 3.8) is 0 Å². The summed E-state index contributed by atoms with van der Waals surface area (Å²) < 4.78 is 0. The first kappa shape index (κ1) is 11.6. The highest BCUT2D eigenvalue weighted by atomic mass is 79.9. The number of alkyl halides is 1. The number of rotatable bonds is 2. The lowest BCUT2D eigenvalue weighted by Gasteiger charge is -2.06. The molecule has 2 aromatic rings. The van der Waals surface area contributed by atoms with Gasteiger partial charge in [-0.3, -0.25) is 0 Å². The van der Waals surface area contributed by atoms with Gasteiger partial charge in [0.25, 0.3) is 0 Å². The minimum absolute atomic E-state index is 0.731. The van der Waals surface area contributed by atoms with Gasteiger partial charge in [0.2, 0.25) is 0 Å². The third kappa shape index (κ3) is 2.42. The summed E-state index contributed by atoms with van der Waals surface area (Å²) >= 11 is 9.30. The molecule has 0 aliphatic heterocycles. The molecule has 0 aliphatic carbocycles. The van der Waals surface area contributed by atoms with Crippen molar-refractivity contribution in [3.8, 4) is 11.3 Å². The number of hydrogen-bond donors (Lipinski definition) is 0. The SMILES string of the molecule is Cc1ncc(CBr)c(-c2ccc(Cl)cc2)n1. The summed E-state index contributed by atoms with van der Waals surface area (Å²) in [6.45, 7) is 1.89. The average molecular weight is 298 g/mol. The molecule has 2 nitrogen and oxygen atoms in total. The molecule has 0 saturated heterocycles. The van der Waals surface area contributed by atoms with Gasteiger partial charge in [0.05, 0.1) is 5.69 Å². The molecule has 0 N–H and O–H groups in total. The Hall–Kier alpha value is -0.930. The fourth-order valence-electron chi connectivity index (χ4n) is 1.45. The molecule has 0 amide bonds. The van der Waals surface area contributed by atoms with Crippen LogP contribution in [0.2, 0.25) is 5.02 Å². The van der Waals surface area contributed by atoms with Gasteiger partial charge in [-0.1, -0.05) is 39.7 Å². The maximum absolute atomic E-state index is 5.86. The van der Waals surface area contributed by atoms with E-state index >= 15 is 0 Å². The highest BCUT2D eigenvalue weighted by Crippen LogP contribution is 2.24. The van der Waals surface area contributed by atoms with Gasteiger partial charge in [0.15, 0.2) is 0 Å². The zero-order valence-electron chi connectivity index (χ0n) is 8.74. The van der Waals surface area contributed by atoms with E-state index in [1.807, 2.05) is 37.4 Å². The molecule has 0 radical (unpaired) electrons. The van der Waals surface area contributed by atoms with Crippen molar-refractivity contribution >= 4 is 27.5 Å². The molecule has 2 rings (SSSR count). The van der Waals surface area contributed by atoms with Crippen molar-refractivity contribution in [2.75, 3.05) is 0 Å². The molecule has 0 bridgehead atoms. The van der Waals surface area contributed by atoms with Crippen LogP contribution in [0.15, 0.2) is 30.5 Å². The van der Waals surface area contributed by atoms with E-state index in [4.69, 9.17) is 11.6 Å². The highest BCUT2D eigenvalue weighted by molar-refractivity contribution is 9.08. The highest BCUT2D eigenvalue weighted by Gasteiger charge is 2.06. The van der Waals surface area contributed by atoms with E-state index < -0.39 is 0 Å². The lowest BCUT2D eigenvalue weighted by molar-refractivity contribution is 1.03. The molecule has 0 atom stereocenters. The second kappa shape index (κ2) is 4.93. The quantitative estimate of drug-likeness (QED) is 0.783. The maximum Gasteiger partial charge on any atom is 0.125 e. The Labute approximate surface area is 108 Å². The summed E-state index contributed by atoms with van der Waals surface area (Å²) in [5.74, 6) is 0.773. The van der Waals surface area contributed by atoms with E-state index in [1.165, 1.54) is 0 Å². The van der Waals surface area contributed by atoms with Gasteiger partial charge in [-0.25, -0.2) is 9.97 Å². The Morgan fingerprint density at radius 3 is 2.56 bits per heavy atom. The lowest BCUT2D eigenvalue weighted by atomic mass is 10.1. The maximum atomic E-state index is 5.86. The molecule has 0 fully saturated rings. The number of halogens is 2. The molecule has 0 spiro atoms. The lowest BCUT2D eigenvalue weighted by Crippen LogP contribution is -1.96. The first-order chi connectivity index (χ1) is 7.70.